The van der Waals surface area contributed by atoms with Gasteiger partial charge in [-0.2, -0.15) is 0 Å². The van der Waals surface area contributed by atoms with Crippen molar-refractivity contribution in [2.75, 3.05) is 39.3 Å². The standard InChI is InChI=1S/C17H37N3/c1-7-11-18-16(17(4,5)6)14-19-12-10-15(13-19)20(8-2)9-3/h15-16,18H,7-14H2,1-6H3. The van der Waals surface area contributed by atoms with E-state index in [0.29, 0.717) is 11.5 Å². The lowest BCUT2D eigenvalue weighted by molar-refractivity contribution is 0.173. The molecular weight excluding hydrogens is 246 g/mol. The summed E-state index contributed by atoms with van der Waals surface area (Å²) in [5, 5.41) is 3.75. The van der Waals surface area contributed by atoms with Crippen LogP contribution in [0.4, 0.5) is 0 Å². The highest BCUT2D eigenvalue weighted by atomic mass is 15.3. The van der Waals surface area contributed by atoms with Gasteiger partial charge in [-0.1, -0.05) is 41.5 Å². The maximum absolute atomic E-state index is 3.75. The zero-order valence-electron chi connectivity index (χ0n) is 14.7. The molecule has 1 rings (SSSR count). The van der Waals surface area contributed by atoms with Crippen molar-refractivity contribution in [3.63, 3.8) is 0 Å². The SMILES string of the molecule is CCCNC(CN1CCC(N(CC)CC)C1)C(C)(C)C. The van der Waals surface area contributed by atoms with Gasteiger partial charge in [0.15, 0.2) is 0 Å². The first-order valence-corrected chi connectivity index (χ1v) is 8.62. The Hall–Kier alpha value is -0.120. The zero-order valence-corrected chi connectivity index (χ0v) is 14.7. The first kappa shape index (κ1) is 17.9. The van der Waals surface area contributed by atoms with E-state index in [1.165, 1.54) is 45.6 Å². The monoisotopic (exact) mass is 283 g/mol. The topological polar surface area (TPSA) is 18.5 Å². The zero-order chi connectivity index (χ0) is 15.2. The van der Waals surface area contributed by atoms with Gasteiger partial charge >= 0.3 is 0 Å². The number of nitrogens with one attached hydrogen (secondary N) is 1. The maximum atomic E-state index is 3.75. The van der Waals surface area contributed by atoms with Crippen molar-refractivity contribution in [3.05, 3.63) is 0 Å². The molecule has 1 N–H and O–H groups in total. The van der Waals surface area contributed by atoms with Gasteiger partial charge in [-0.15, -0.1) is 0 Å². The van der Waals surface area contributed by atoms with Gasteiger partial charge in [0.05, 0.1) is 0 Å². The van der Waals surface area contributed by atoms with Gasteiger partial charge in [0.1, 0.15) is 0 Å². The minimum absolute atomic E-state index is 0.336. The van der Waals surface area contributed by atoms with Crippen LogP contribution in [-0.2, 0) is 0 Å². The first-order valence-electron chi connectivity index (χ1n) is 8.62. The van der Waals surface area contributed by atoms with Crippen LogP contribution in [0.3, 0.4) is 0 Å². The number of likely N-dealkylation sites (N-methyl/N-ethyl adjacent to an activating group) is 1. The van der Waals surface area contributed by atoms with E-state index in [4.69, 9.17) is 0 Å². The van der Waals surface area contributed by atoms with Crippen LogP contribution in [0.5, 0.6) is 0 Å². The molecule has 0 aromatic carbocycles. The van der Waals surface area contributed by atoms with Crippen LogP contribution >= 0.6 is 0 Å². The Bertz CT molecular complexity index is 255. The number of rotatable bonds is 8. The minimum atomic E-state index is 0.336. The Balaban J connectivity index is 2.50. The third-order valence-corrected chi connectivity index (χ3v) is 4.70. The minimum Gasteiger partial charge on any atom is -0.312 e. The molecule has 0 spiro atoms. The lowest BCUT2D eigenvalue weighted by Gasteiger charge is -2.35. The molecule has 1 aliphatic heterocycles. The van der Waals surface area contributed by atoms with Crippen molar-refractivity contribution in [1.29, 1.82) is 0 Å². The Morgan fingerprint density at radius 2 is 1.85 bits per heavy atom. The van der Waals surface area contributed by atoms with Gasteiger partial charge in [0, 0.05) is 25.2 Å². The van der Waals surface area contributed by atoms with Gasteiger partial charge in [0.2, 0.25) is 0 Å². The lowest BCUT2D eigenvalue weighted by atomic mass is 9.86. The van der Waals surface area contributed by atoms with E-state index < -0.39 is 0 Å². The average Bonchev–Trinajstić information content (AvgIpc) is 2.83. The fourth-order valence-electron chi connectivity index (χ4n) is 3.24. The second-order valence-electron chi connectivity index (χ2n) is 7.30. The summed E-state index contributed by atoms with van der Waals surface area (Å²) >= 11 is 0. The summed E-state index contributed by atoms with van der Waals surface area (Å²) in [7, 11) is 0. The van der Waals surface area contributed by atoms with Crippen molar-refractivity contribution in [2.45, 2.75) is 66.5 Å². The highest BCUT2D eigenvalue weighted by Gasteiger charge is 2.31. The molecule has 20 heavy (non-hydrogen) atoms. The normalized spacial score (nSPS) is 22.6. The Kier molecular flexibility index (Phi) is 7.49. The molecule has 2 unspecified atom stereocenters. The van der Waals surface area contributed by atoms with E-state index in [9.17, 15) is 0 Å². The molecule has 0 aromatic rings. The summed E-state index contributed by atoms with van der Waals surface area (Å²) in [5.41, 5.74) is 0.336. The molecule has 3 heteroatoms. The fraction of sp³-hybridized carbons (Fsp3) is 1.00. The summed E-state index contributed by atoms with van der Waals surface area (Å²) in [6.45, 7) is 21.1. The van der Waals surface area contributed by atoms with Crippen LogP contribution in [0.2, 0.25) is 0 Å². The molecule has 0 amide bonds. The average molecular weight is 284 g/mol. The first-order chi connectivity index (χ1) is 9.42. The van der Waals surface area contributed by atoms with Crippen molar-refractivity contribution in [3.8, 4) is 0 Å². The molecule has 1 saturated heterocycles. The van der Waals surface area contributed by atoms with E-state index in [0.717, 1.165) is 12.6 Å². The molecule has 0 aliphatic carbocycles. The third-order valence-electron chi connectivity index (χ3n) is 4.70. The molecule has 1 fully saturated rings. The predicted molar refractivity (Wildman–Crippen MR) is 89.3 cm³/mol. The molecular formula is C17H37N3. The molecule has 0 aromatic heterocycles. The van der Waals surface area contributed by atoms with E-state index in [1.807, 2.05) is 0 Å². The molecule has 0 radical (unpaired) electrons. The molecule has 0 saturated carbocycles. The summed E-state index contributed by atoms with van der Waals surface area (Å²) in [6.07, 6.45) is 2.56. The highest BCUT2D eigenvalue weighted by Crippen LogP contribution is 2.23. The molecule has 1 aliphatic rings. The van der Waals surface area contributed by atoms with Crippen LogP contribution in [0.25, 0.3) is 0 Å². The van der Waals surface area contributed by atoms with Crippen LogP contribution in [-0.4, -0.2) is 61.2 Å². The number of hydrogen-bond donors (Lipinski definition) is 1. The van der Waals surface area contributed by atoms with Crippen LogP contribution < -0.4 is 5.32 Å². The van der Waals surface area contributed by atoms with Crippen LogP contribution in [0.15, 0.2) is 0 Å². The van der Waals surface area contributed by atoms with Gasteiger partial charge in [-0.05, 0) is 44.4 Å². The molecule has 120 valence electrons. The van der Waals surface area contributed by atoms with E-state index in [-0.39, 0.29) is 0 Å². The molecule has 3 nitrogen and oxygen atoms in total. The summed E-state index contributed by atoms with van der Waals surface area (Å²) in [4.78, 5) is 5.28. The predicted octanol–water partition coefficient (Wildman–Crippen LogP) is 2.82. The summed E-state index contributed by atoms with van der Waals surface area (Å²) in [6, 6.07) is 1.37. The van der Waals surface area contributed by atoms with Gasteiger partial charge < -0.3 is 10.2 Å². The van der Waals surface area contributed by atoms with Crippen molar-refractivity contribution >= 4 is 0 Å². The second kappa shape index (κ2) is 8.35. The Labute approximate surface area is 127 Å². The number of hydrogen-bond acceptors (Lipinski definition) is 3. The van der Waals surface area contributed by atoms with Crippen molar-refractivity contribution < 1.29 is 0 Å². The smallest absolute Gasteiger partial charge is 0.0243 e. The third kappa shape index (κ3) is 5.34. The largest absolute Gasteiger partial charge is 0.312 e. The molecule has 1 heterocycles. The lowest BCUT2D eigenvalue weighted by Crippen LogP contribution is -2.49. The second-order valence-corrected chi connectivity index (χ2v) is 7.30. The van der Waals surface area contributed by atoms with E-state index in [1.54, 1.807) is 0 Å². The quantitative estimate of drug-likeness (QED) is 0.739. The molecule has 0 bridgehead atoms. The Morgan fingerprint density at radius 3 is 2.35 bits per heavy atom. The van der Waals surface area contributed by atoms with Gasteiger partial charge in [-0.25, -0.2) is 0 Å². The number of likely N-dealkylation sites (tertiary alicyclic amines) is 1. The Morgan fingerprint density at radius 1 is 1.20 bits per heavy atom. The van der Waals surface area contributed by atoms with E-state index >= 15 is 0 Å². The van der Waals surface area contributed by atoms with Crippen molar-refractivity contribution in [2.24, 2.45) is 5.41 Å². The van der Waals surface area contributed by atoms with Crippen LogP contribution in [0, 0.1) is 5.41 Å². The van der Waals surface area contributed by atoms with Crippen molar-refractivity contribution in [1.82, 2.24) is 15.1 Å². The fourth-order valence-corrected chi connectivity index (χ4v) is 3.24. The number of nitrogens with zero attached hydrogens (tertiary/aromatic N) is 2. The van der Waals surface area contributed by atoms with Gasteiger partial charge in [-0.3, -0.25) is 4.90 Å². The molecule has 2 atom stereocenters. The summed E-state index contributed by atoms with van der Waals surface area (Å²) < 4.78 is 0. The van der Waals surface area contributed by atoms with E-state index in [2.05, 4.69) is 56.7 Å². The highest BCUT2D eigenvalue weighted by molar-refractivity contribution is 4.89. The van der Waals surface area contributed by atoms with Gasteiger partial charge in [0.25, 0.3) is 0 Å². The summed E-state index contributed by atoms with van der Waals surface area (Å²) in [5.74, 6) is 0. The maximum Gasteiger partial charge on any atom is 0.0243 e. The van der Waals surface area contributed by atoms with Crippen LogP contribution in [0.1, 0.15) is 54.4 Å².